The van der Waals surface area contributed by atoms with Crippen molar-refractivity contribution in [2.75, 3.05) is 6.54 Å². The van der Waals surface area contributed by atoms with Crippen molar-refractivity contribution in [1.29, 1.82) is 0 Å². The van der Waals surface area contributed by atoms with Crippen LogP contribution in [0.5, 0.6) is 0 Å². The summed E-state index contributed by atoms with van der Waals surface area (Å²) in [6, 6.07) is 8.48. The topological polar surface area (TPSA) is 99.1 Å². The predicted molar refractivity (Wildman–Crippen MR) is 170 cm³/mol. The number of hydrogen-bond donors (Lipinski definition) is 2. The Hall–Kier alpha value is -3.22. The number of nitrogens with one attached hydrogen (secondary N) is 1. The third kappa shape index (κ3) is 6.66. The molecule has 2 fully saturated rings. The van der Waals surface area contributed by atoms with Crippen LogP contribution in [0.25, 0.3) is 0 Å². The molecule has 1 unspecified atom stereocenters. The summed E-state index contributed by atoms with van der Waals surface area (Å²) in [6.07, 6.45) is 14.3. The number of carboxylic acid groups (broad SMARTS) is 1. The second kappa shape index (κ2) is 12.8. The number of allylic oxidation sites excluding steroid dienone is 2. The maximum Gasteiger partial charge on any atom is 0.305 e. The Morgan fingerprint density at radius 2 is 1.77 bits per heavy atom. The van der Waals surface area contributed by atoms with Gasteiger partial charge in [0.25, 0.3) is 5.91 Å². The zero-order chi connectivity index (χ0) is 30.8. The Morgan fingerprint density at radius 1 is 1.07 bits per heavy atom. The van der Waals surface area contributed by atoms with Gasteiger partial charge in [-0.1, -0.05) is 77.0 Å². The second-order valence-electron chi connectivity index (χ2n) is 13.8. The van der Waals surface area contributed by atoms with Crippen LogP contribution in [-0.4, -0.2) is 51.8 Å². The van der Waals surface area contributed by atoms with E-state index >= 15 is 0 Å². The Balaban J connectivity index is 1.44. The van der Waals surface area contributed by atoms with Crippen LogP contribution in [0.4, 0.5) is 0 Å². The molecule has 232 valence electrons. The highest BCUT2D eigenvalue weighted by Gasteiger charge is 2.53. The van der Waals surface area contributed by atoms with Crippen LogP contribution in [-0.2, 0) is 14.4 Å². The summed E-state index contributed by atoms with van der Waals surface area (Å²) in [6.45, 7) is 9.30. The van der Waals surface area contributed by atoms with Gasteiger partial charge in [-0.3, -0.25) is 19.4 Å². The number of carbonyl (C=O) groups is 3. The SMILES string of the molecule is CCCC(C1=CC=C(C(=O)NCCC(=O)O)CC1)N1C(=O)C(c2ccc(C3CC3)cc2)=NC12CCC(C(C)(C)CC)CC2. The highest BCUT2D eigenvalue weighted by Crippen LogP contribution is 2.50. The van der Waals surface area contributed by atoms with E-state index in [-0.39, 0.29) is 36.2 Å². The lowest BCUT2D eigenvalue weighted by Gasteiger charge is -2.48. The van der Waals surface area contributed by atoms with Crippen LogP contribution < -0.4 is 5.32 Å². The van der Waals surface area contributed by atoms with Crippen LogP contribution in [0.3, 0.4) is 0 Å². The smallest absolute Gasteiger partial charge is 0.305 e. The zero-order valence-electron chi connectivity index (χ0n) is 26.5. The van der Waals surface area contributed by atoms with Gasteiger partial charge in [0.05, 0.1) is 12.5 Å². The third-order valence-electron chi connectivity index (χ3n) is 10.6. The standard InChI is InChI=1S/C36H49N3O4/c1-5-7-30(26-12-16-28(17-13-26)33(42)37-23-20-31(40)41)39-34(43)32(27-14-10-25(11-15-27)24-8-9-24)38-36(39)21-18-29(19-22-36)35(3,4)6-2/h10-12,14-16,24,29-30H,5-9,13,17-23H2,1-4H3,(H,37,42)(H,40,41). The highest BCUT2D eigenvalue weighted by molar-refractivity contribution is 6.46. The number of hydrogen-bond acceptors (Lipinski definition) is 4. The van der Waals surface area contributed by atoms with E-state index < -0.39 is 11.6 Å². The molecule has 0 bridgehead atoms. The molecule has 2 saturated carbocycles. The molecule has 2 amide bonds. The summed E-state index contributed by atoms with van der Waals surface area (Å²) >= 11 is 0. The molecule has 7 nitrogen and oxygen atoms in total. The van der Waals surface area contributed by atoms with Gasteiger partial charge in [-0.15, -0.1) is 0 Å². The first-order chi connectivity index (χ1) is 20.6. The molecule has 0 aromatic heterocycles. The average Bonchev–Trinajstić information content (AvgIpc) is 3.82. The van der Waals surface area contributed by atoms with Gasteiger partial charge < -0.3 is 15.3 Å². The van der Waals surface area contributed by atoms with E-state index in [9.17, 15) is 14.4 Å². The predicted octanol–water partition coefficient (Wildman–Crippen LogP) is 6.92. The molecule has 3 aliphatic carbocycles. The number of carboxylic acids is 1. The lowest BCUT2D eigenvalue weighted by Crippen LogP contribution is -2.55. The Labute approximate surface area is 256 Å². The number of carbonyl (C=O) groups excluding carboxylic acids is 2. The number of rotatable bonds is 12. The molecule has 2 N–H and O–H groups in total. The molecule has 1 heterocycles. The number of amides is 2. The monoisotopic (exact) mass is 587 g/mol. The van der Waals surface area contributed by atoms with Crippen LogP contribution in [0, 0.1) is 11.3 Å². The molecule has 7 heteroatoms. The minimum absolute atomic E-state index is 0.0351. The molecule has 5 rings (SSSR count). The summed E-state index contributed by atoms with van der Waals surface area (Å²) in [7, 11) is 0. The molecular weight excluding hydrogens is 538 g/mol. The maximum absolute atomic E-state index is 14.5. The van der Waals surface area contributed by atoms with Crippen molar-refractivity contribution in [3.8, 4) is 0 Å². The van der Waals surface area contributed by atoms with Gasteiger partial charge in [0.1, 0.15) is 11.4 Å². The van der Waals surface area contributed by atoms with Crippen LogP contribution in [0.15, 0.2) is 52.6 Å². The first-order valence-electron chi connectivity index (χ1n) is 16.5. The van der Waals surface area contributed by atoms with Gasteiger partial charge in [-0.25, -0.2) is 0 Å². The van der Waals surface area contributed by atoms with E-state index in [2.05, 4.69) is 62.2 Å². The third-order valence-corrected chi connectivity index (χ3v) is 10.6. The van der Waals surface area contributed by atoms with Crippen molar-refractivity contribution in [2.45, 2.75) is 122 Å². The normalized spacial score (nSPS) is 24.8. The summed E-state index contributed by atoms with van der Waals surface area (Å²) < 4.78 is 0. The number of aliphatic carboxylic acids is 1. The minimum atomic E-state index is -0.931. The quantitative estimate of drug-likeness (QED) is 0.277. The number of nitrogens with zero attached hydrogens (tertiary/aromatic N) is 2. The molecule has 1 spiro atoms. The maximum atomic E-state index is 14.5. The molecule has 0 radical (unpaired) electrons. The van der Waals surface area contributed by atoms with Gasteiger partial charge in [-0.05, 0) is 86.2 Å². The van der Waals surface area contributed by atoms with Crippen LogP contribution in [0.2, 0.25) is 0 Å². The van der Waals surface area contributed by atoms with Gasteiger partial charge in [0.2, 0.25) is 5.91 Å². The Kier molecular flexibility index (Phi) is 9.29. The molecule has 1 atom stereocenters. The second-order valence-corrected chi connectivity index (χ2v) is 13.8. The molecule has 1 aromatic rings. The summed E-state index contributed by atoms with van der Waals surface area (Å²) in [5.41, 5.74) is 4.43. The van der Waals surface area contributed by atoms with E-state index in [4.69, 9.17) is 10.1 Å². The first-order valence-corrected chi connectivity index (χ1v) is 16.5. The fraction of sp³-hybridized carbons (Fsp3) is 0.611. The van der Waals surface area contributed by atoms with E-state index in [0.717, 1.165) is 50.5 Å². The van der Waals surface area contributed by atoms with Crippen LogP contribution in [0.1, 0.15) is 122 Å². The van der Waals surface area contributed by atoms with Crippen LogP contribution >= 0.6 is 0 Å². The molecule has 0 saturated heterocycles. The van der Waals surface area contributed by atoms with Crippen molar-refractivity contribution in [2.24, 2.45) is 16.3 Å². The summed E-state index contributed by atoms with van der Waals surface area (Å²) in [4.78, 5) is 45.5. The highest BCUT2D eigenvalue weighted by atomic mass is 16.4. The van der Waals surface area contributed by atoms with Crippen molar-refractivity contribution in [3.63, 3.8) is 0 Å². The Morgan fingerprint density at radius 3 is 2.33 bits per heavy atom. The van der Waals surface area contributed by atoms with Crippen molar-refractivity contribution in [1.82, 2.24) is 10.2 Å². The fourth-order valence-electron chi connectivity index (χ4n) is 7.34. The molecule has 1 aromatic carbocycles. The van der Waals surface area contributed by atoms with Crippen molar-refractivity contribution < 1.29 is 19.5 Å². The van der Waals surface area contributed by atoms with Crippen molar-refractivity contribution >= 4 is 23.5 Å². The molecule has 1 aliphatic heterocycles. The zero-order valence-corrected chi connectivity index (χ0v) is 26.5. The first kappa shape index (κ1) is 31.2. The molecule has 4 aliphatic rings. The van der Waals surface area contributed by atoms with Gasteiger partial charge >= 0.3 is 5.97 Å². The Bertz CT molecular complexity index is 1310. The fourth-order valence-corrected chi connectivity index (χ4v) is 7.34. The molecule has 43 heavy (non-hydrogen) atoms. The minimum Gasteiger partial charge on any atom is -0.481 e. The van der Waals surface area contributed by atoms with E-state index in [1.54, 1.807) is 0 Å². The largest absolute Gasteiger partial charge is 0.481 e. The van der Waals surface area contributed by atoms with E-state index in [0.29, 0.717) is 36.0 Å². The summed E-state index contributed by atoms with van der Waals surface area (Å²) in [5, 5.41) is 11.6. The summed E-state index contributed by atoms with van der Waals surface area (Å²) in [5.74, 6) is 0.169. The van der Waals surface area contributed by atoms with Gasteiger partial charge in [-0.2, -0.15) is 0 Å². The van der Waals surface area contributed by atoms with Crippen molar-refractivity contribution in [3.05, 3.63) is 58.7 Å². The van der Waals surface area contributed by atoms with Gasteiger partial charge in [0, 0.05) is 17.7 Å². The lowest BCUT2D eigenvalue weighted by molar-refractivity contribution is -0.137. The number of aliphatic imine (C=N–C) groups is 1. The number of benzene rings is 1. The lowest BCUT2D eigenvalue weighted by atomic mass is 9.67. The van der Waals surface area contributed by atoms with E-state index in [1.165, 1.54) is 24.0 Å². The van der Waals surface area contributed by atoms with Gasteiger partial charge in [0.15, 0.2) is 0 Å². The average molecular weight is 588 g/mol. The van der Waals surface area contributed by atoms with E-state index in [1.807, 2.05) is 12.2 Å². The molecular formula is C36H49N3O4.